The number of fused-ring (bicyclic) bond motifs is 3. The molecule has 0 fully saturated rings. The molecule has 0 aliphatic heterocycles. The van der Waals surface area contributed by atoms with Crippen molar-refractivity contribution < 1.29 is 23.1 Å². The predicted octanol–water partition coefficient (Wildman–Crippen LogP) is 4.03. The van der Waals surface area contributed by atoms with E-state index in [4.69, 9.17) is 9.52 Å². The van der Waals surface area contributed by atoms with Crippen LogP contribution in [0.25, 0.3) is 21.9 Å². The Morgan fingerprint density at radius 1 is 1.20 bits per heavy atom. The second kappa shape index (κ2) is 7.25. The number of furan rings is 1. The van der Waals surface area contributed by atoms with Crippen LogP contribution in [-0.2, 0) is 16.1 Å². The van der Waals surface area contributed by atoms with Crippen LogP contribution < -0.4 is 4.31 Å². The zero-order chi connectivity index (χ0) is 18.0. The monoisotopic (exact) mass is 361 g/mol. The summed E-state index contributed by atoms with van der Waals surface area (Å²) >= 11 is -2.20. The summed E-state index contributed by atoms with van der Waals surface area (Å²) in [6.07, 6.45) is 0.485. The summed E-state index contributed by atoms with van der Waals surface area (Å²) in [5, 5.41) is 10.6. The number of carboxylic acid groups (broad SMARTS) is 1. The first-order chi connectivity index (χ1) is 12.0. The minimum absolute atomic E-state index is 0.0380. The molecular weight excluding hydrogens is 342 g/mol. The van der Waals surface area contributed by atoms with Crippen molar-refractivity contribution in [2.24, 2.45) is 5.92 Å². The number of anilines is 1. The summed E-state index contributed by atoms with van der Waals surface area (Å²) in [5.41, 5.74) is 2.08. The Labute approximate surface area is 147 Å². The molecule has 7 heteroatoms. The number of carboxylic acids is 1. The average Bonchev–Trinajstić information content (AvgIpc) is 2.95. The molecule has 0 amide bonds. The lowest BCUT2D eigenvalue weighted by molar-refractivity contribution is -0.137. The summed E-state index contributed by atoms with van der Waals surface area (Å²) in [7, 11) is 0. The van der Waals surface area contributed by atoms with Gasteiger partial charge in [0.15, 0.2) is 0 Å². The number of benzene rings is 2. The Hall–Kier alpha value is -2.38. The highest BCUT2D eigenvalue weighted by atomic mass is 32.2. The van der Waals surface area contributed by atoms with E-state index in [2.05, 4.69) is 0 Å². The molecule has 0 bridgehead atoms. The van der Waals surface area contributed by atoms with Crippen molar-refractivity contribution in [1.82, 2.24) is 0 Å². The van der Waals surface area contributed by atoms with Crippen molar-refractivity contribution in [3.05, 3.63) is 42.5 Å². The number of rotatable bonds is 7. The summed E-state index contributed by atoms with van der Waals surface area (Å²) in [5.74, 6) is -0.904. The van der Waals surface area contributed by atoms with Crippen molar-refractivity contribution in [1.29, 1.82) is 0 Å². The van der Waals surface area contributed by atoms with Gasteiger partial charge in [0.1, 0.15) is 11.2 Å². The fourth-order valence-electron chi connectivity index (χ4n) is 2.87. The highest BCUT2D eigenvalue weighted by molar-refractivity contribution is 7.80. The van der Waals surface area contributed by atoms with E-state index < -0.39 is 17.2 Å². The first-order valence-electron chi connectivity index (χ1n) is 7.97. The molecule has 0 spiro atoms. The van der Waals surface area contributed by atoms with Gasteiger partial charge in [-0.05, 0) is 36.6 Å². The van der Waals surface area contributed by atoms with E-state index in [1.165, 1.54) is 4.31 Å². The van der Waals surface area contributed by atoms with Crippen molar-refractivity contribution in [2.45, 2.75) is 19.8 Å². The van der Waals surface area contributed by atoms with Crippen molar-refractivity contribution in [3.8, 4) is 0 Å². The van der Waals surface area contributed by atoms with Gasteiger partial charge in [0.2, 0.25) is 0 Å². The quantitative estimate of drug-likeness (QED) is 0.620. The molecule has 1 aromatic heterocycles. The van der Waals surface area contributed by atoms with Crippen molar-refractivity contribution in [2.75, 3.05) is 10.8 Å². The molecule has 0 saturated heterocycles. The lowest BCUT2D eigenvalue weighted by Gasteiger charge is -2.23. The Balaban J connectivity index is 1.92. The number of hydrogen-bond donors (Lipinski definition) is 2. The normalized spacial score (nSPS) is 13.8. The average molecular weight is 361 g/mol. The summed E-state index contributed by atoms with van der Waals surface area (Å²) < 4.78 is 28.6. The summed E-state index contributed by atoms with van der Waals surface area (Å²) in [4.78, 5) is 10.7. The van der Waals surface area contributed by atoms with Gasteiger partial charge in [-0.2, -0.15) is 0 Å². The maximum absolute atomic E-state index is 11.8. The molecule has 0 radical (unpaired) electrons. The smallest absolute Gasteiger partial charge is 0.303 e. The molecule has 2 unspecified atom stereocenters. The van der Waals surface area contributed by atoms with E-state index in [1.807, 2.05) is 37.3 Å². The maximum Gasteiger partial charge on any atom is 0.303 e. The second-order valence-electron chi connectivity index (χ2n) is 6.11. The summed E-state index contributed by atoms with van der Waals surface area (Å²) in [6.45, 7) is 2.16. The van der Waals surface area contributed by atoms with Crippen molar-refractivity contribution in [3.63, 3.8) is 0 Å². The Kier molecular flexibility index (Phi) is 5.06. The van der Waals surface area contributed by atoms with E-state index >= 15 is 0 Å². The first-order valence-corrected chi connectivity index (χ1v) is 9.03. The standard InChI is InChI=1S/C18H19NO5S/c1-12(6-9-18(20)21)11-19(25(22)23)13-7-8-17-15(10-13)14-4-2-3-5-16(14)24-17/h2-5,7-8,10,12H,6,9,11H2,1H3,(H,20,21)(H,22,23). The molecule has 6 nitrogen and oxygen atoms in total. The van der Waals surface area contributed by atoms with Crippen LogP contribution in [0, 0.1) is 5.92 Å². The van der Waals surface area contributed by atoms with E-state index in [0.717, 1.165) is 16.4 Å². The molecule has 3 rings (SSSR count). The molecule has 0 aliphatic carbocycles. The first kappa shape index (κ1) is 17.4. The fraction of sp³-hybridized carbons (Fsp3) is 0.278. The van der Waals surface area contributed by atoms with Crippen molar-refractivity contribution >= 4 is 44.9 Å². The number of hydrogen-bond acceptors (Lipinski definition) is 3. The van der Waals surface area contributed by atoms with Gasteiger partial charge in [0.25, 0.3) is 11.3 Å². The highest BCUT2D eigenvalue weighted by Gasteiger charge is 2.18. The zero-order valence-electron chi connectivity index (χ0n) is 13.7. The van der Waals surface area contributed by atoms with Crippen LogP contribution in [0.5, 0.6) is 0 Å². The number of para-hydroxylation sites is 1. The second-order valence-corrected chi connectivity index (χ2v) is 7.01. The topological polar surface area (TPSA) is 91.0 Å². The third kappa shape index (κ3) is 3.83. The lowest BCUT2D eigenvalue weighted by Crippen LogP contribution is -2.30. The largest absolute Gasteiger partial charge is 0.481 e. The number of aliphatic carboxylic acids is 1. The third-order valence-corrected chi connectivity index (χ3v) is 4.90. The third-order valence-electron chi connectivity index (χ3n) is 4.17. The molecule has 25 heavy (non-hydrogen) atoms. The van der Waals surface area contributed by atoms with Gasteiger partial charge >= 0.3 is 5.97 Å². The van der Waals surface area contributed by atoms with Crippen LogP contribution >= 0.6 is 0 Å². The van der Waals surface area contributed by atoms with Crippen LogP contribution in [-0.4, -0.2) is 26.4 Å². The van der Waals surface area contributed by atoms with Crippen LogP contribution in [0.2, 0.25) is 0 Å². The van der Waals surface area contributed by atoms with Crippen LogP contribution in [0.15, 0.2) is 46.9 Å². The molecule has 0 saturated carbocycles. The minimum atomic E-state index is -2.20. The van der Waals surface area contributed by atoms with E-state index in [9.17, 15) is 13.6 Å². The predicted molar refractivity (Wildman–Crippen MR) is 97.9 cm³/mol. The number of nitrogens with zero attached hydrogens (tertiary/aromatic N) is 1. The molecule has 0 aliphatic rings. The van der Waals surface area contributed by atoms with E-state index in [1.54, 1.807) is 12.1 Å². The molecule has 2 N–H and O–H groups in total. The van der Waals surface area contributed by atoms with Gasteiger partial charge in [-0.15, -0.1) is 0 Å². The van der Waals surface area contributed by atoms with Crippen LogP contribution in [0.3, 0.4) is 0 Å². The SMILES string of the molecule is CC(CCC(=O)O)CN(c1ccc2oc3ccccc3c2c1)S(=O)O. The zero-order valence-corrected chi connectivity index (χ0v) is 14.5. The molecule has 2 atom stereocenters. The van der Waals surface area contributed by atoms with Crippen LogP contribution in [0.1, 0.15) is 19.8 Å². The lowest BCUT2D eigenvalue weighted by atomic mass is 10.1. The van der Waals surface area contributed by atoms with E-state index in [-0.39, 0.29) is 18.9 Å². The molecule has 2 aromatic carbocycles. The van der Waals surface area contributed by atoms with Gasteiger partial charge in [-0.1, -0.05) is 25.1 Å². The van der Waals surface area contributed by atoms with Crippen LogP contribution in [0.4, 0.5) is 5.69 Å². The highest BCUT2D eigenvalue weighted by Crippen LogP contribution is 2.32. The Morgan fingerprint density at radius 3 is 2.64 bits per heavy atom. The Bertz CT molecular complexity index is 936. The van der Waals surface area contributed by atoms with Gasteiger partial charge < -0.3 is 9.52 Å². The molecule has 132 valence electrons. The maximum atomic E-state index is 11.8. The molecule has 3 aromatic rings. The van der Waals surface area contributed by atoms with Gasteiger partial charge in [0, 0.05) is 23.7 Å². The molecular formula is C18H19NO5S. The minimum Gasteiger partial charge on any atom is -0.481 e. The van der Waals surface area contributed by atoms with Gasteiger partial charge in [-0.3, -0.25) is 13.7 Å². The van der Waals surface area contributed by atoms with Gasteiger partial charge in [-0.25, -0.2) is 4.21 Å². The fourth-order valence-corrected chi connectivity index (χ4v) is 3.55. The number of carbonyl (C=O) groups is 1. The summed E-state index contributed by atoms with van der Waals surface area (Å²) in [6, 6.07) is 13.0. The Morgan fingerprint density at radius 2 is 1.92 bits per heavy atom. The van der Waals surface area contributed by atoms with Gasteiger partial charge in [0.05, 0.1) is 5.69 Å². The molecule has 1 heterocycles. The van der Waals surface area contributed by atoms with E-state index in [0.29, 0.717) is 17.7 Å².